The van der Waals surface area contributed by atoms with E-state index < -0.39 is 6.67 Å². The summed E-state index contributed by atoms with van der Waals surface area (Å²) in [6, 6.07) is 3.60. The molecular formula is C14H15FN4O2. The van der Waals surface area contributed by atoms with Crippen LogP contribution in [0.1, 0.15) is 24.7 Å². The van der Waals surface area contributed by atoms with Gasteiger partial charge in [-0.15, -0.1) is 0 Å². The molecule has 1 N–H and O–H groups in total. The largest absolute Gasteiger partial charge is 0.493 e. The van der Waals surface area contributed by atoms with Crippen LogP contribution in [0.4, 0.5) is 4.39 Å². The summed E-state index contributed by atoms with van der Waals surface area (Å²) < 4.78 is 19.9. The second kappa shape index (κ2) is 5.16. The Morgan fingerprint density at radius 1 is 1.52 bits per heavy atom. The normalized spacial score (nSPS) is 18.5. The van der Waals surface area contributed by atoms with E-state index in [2.05, 4.69) is 15.5 Å². The van der Waals surface area contributed by atoms with Gasteiger partial charge < -0.3 is 4.74 Å². The smallest absolute Gasteiger partial charge is 0.240 e. The first-order chi connectivity index (χ1) is 10.1. The van der Waals surface area contributed by atoms with Crippen molar-refractivity contribution in [1.82, 2.24) is 14.8 Å². The van der Waals surface area contributed by atoms with E-state index in [9.17, 15) is 9.18 Å². The van der Waals surface area contributed by atoms with Crippen molar-refractivity contribution in [2.45, 2.75) is 20.0 Å². The maximum absolute atomic E-state index is 12.9. The van der Waals surface area contributed by atoms with E-state index in [4.69, 9.17) is 4.74 Å². The predicted octanol–water partition coefficient (Wildman–Crippen LogP) is 1.67. The Bertz CT molecular complexity index is 738. The number of imidazole rings is 1. The number of halogens is 1. The first-order valence-electron chi connectivity index (χ1n) is 6.61. The Balaban J connectivity index is 2.19. The number of aromatic nitrogens is 2. The third-order valence-corrected chi connectivity index (χ3v) is 3.51. The minimum Gasteiger partial charge on any atom is -0.493 e. The molecule has 3 rings (SSSR count). The lowest BCUT2D eigenvalue weighted by molar-refractivity contribution is -0.121. The van der Waals surface area contributed by atoms with Crippen LogP contribution in [0.3, 0.4) is 0 Å². The van der Waals surface area contributed by atoms with E-state index in [1.807, 2.05) is 13.0 Å². The van der Waals surface area contributed by atoms with Crippen LogP contribution in [0.2, 0.25) is 0 Å². The molecule has 0 saturated heterocycles. The molecule has 1 aliphatic rings. The SMILES string of the molecule is COc1ccc(C2=NNC(=O)CC2C)n2cc(CF)nc12. The first-order valence-corrected chi connectivity index (χ1v) is 6.61. The van der Waals surface area contributed by atoms with Crippen molar-refractivity contribution < 1.29 is 13.9 Å². The van der Waals surface area contributed by atoms with E-state index in [0.29, 0.717) is 23.5 Å². The fourth-order valence-corrected chi connectivity index (χ4v) is 2.49. The van der Waals surface area contributed by atoms with Crippen molar-refractivity contribution in [1.29, 1.82) is 0 Å². The molecule has 0 fully saturated rings. The molecule has 3 heterocycles. The standard InChI is InChI=1S/C14H15FN4O2/c1-8-5-12(20)17-18-13(8)10-3-4-11(21-2)14-16-9(6-15)7-19(10)14/h3-4,7-8H,5-6H2,1-2H3,(H,17,20). The van der Waals surface area contributed by atoms with E-state index in [-0.39, 0.29) is 11.8 Å². The number of nitrogens with zero attached hydrogens (tertiary/aromatic N) is 3. The number of nitrogens with one attached hydrogen (secondary N) is 1. The zero-order valence-corrected chi connectivity index (χ0v) is 11.8. The van der Waals surface area contributed by atoms with Crippen molar-refractivity contribution in [2.24, 2.45) is 11.0 Å². The Morgan fingerprint density at radius 3 is 3.00 bits per heavy atom. The van der Waals surface area contributed by atoms with Crippen molar-refractivity contribution >= 4 is 17.3 Å². The van der Waals surface area contributed by atoms with E-state index in [1.54, 1.807) is 23.8 Å². The molecule has 1 atom stereocenters. The van der Waals surface area contributed by atoms with Gasteiger partial charge in [0.25, 0.3) is 0 Å². The summed E-state index contributed by atoms with van der Waals surface area (Å²) in [5.41, 5.74) is 4.86. The zero-order chi connectivity index (χ0) is 15.0. The fourth-order valence-electron chi connectivity index (χ4n) is 2.49. The molecule has 1 aliphatic heterocycles. The molecule has 2 aromatic heterocycles. The minimum absolute atomic E-state index is 0.0217. The number of carbonyl (C=O) groups excluding carboxylic acids is 1. The molecule has 1 amide bonds. The van der Waals surface area contributed by atoms with Crippen molar-refractivity contribution in [3.63, 3.8) is 0 Å². The van der Waals surface area contributed by atoms with Gasteiger partial charge in [-0.05, 0) is 12.1 Å². The van der Waals surface area contributed by atoms with Gasteiger partial charge in [-0.3, -0.25) is 9.20 Å². The molecule has 1 unspecified atom stereocenters. The van der Waals surface area contributed by atoms with Crippen LogP contribution >= 0.6 is 0 Å². The van der Waals surface area contributed by atoms with Gasteiger partial charge in [-0.2, -0.15) is 5.10 Å². The monoisotopic (exact) mass is 290 g/mol. The minimum atomic E-state index is -0.650. The molecule has 0 aliphatic carbocycles. The molecule has 0 radical (unpaired) electrons. The lowest BCUT2D eigenvalue weighted by Gasteiger charge is -2.20. The van der Waals surface area contributed by atoms with Crippen LogP contribution in [-0.4, -0.2) is 28.1 Å². The summed E-state index contributed by atoms with van der Waals surface area (Å²) >= 11 is 0. The second-order valence-electron chi connectivity index (χ2n) is 4.98. The number of ether oxygens (including phenoxy) is 1. The quantitative estimate of drug-likeness (QED) is 0.935. The lowest BCUT2D eigenvalue weighted by Crippen LogP contribution is -2.32. The summed E-state index contributed by atoms with van der Waals surface area (Å²) in [5, 5.41) is 4.14. The molecule has 2 aromatic rings. The molecule has 6 nitrogen and oxygen atoms in total. The van der Waals surface area contributed by atoms with Gasteiger partial charge in [0.2, 0.25) is 5.91 Å². The maximum atomic E-state index is 12.9. The third kappa shape index (κ3) is 2.24. The van der Waals surface area contributed by atoms with E-state index in [0.717, 1.165) is 11.4 Å². The Hall–Kier alpha value is -2.44. The van der Waals surface area contributed by atoms with Crippen LogP contribution in [0, 0.1) is 5.92 Å². The highest BCUT2D eigenvalue weighted by molar-refractivity contribution is 6.05. The molecule has 0 aromatic carbocycles. The molecule has 110 valence electrons. The highest BCUT2D eigenvalue weighted by Crippen LogP contribution is 2.24. The topological polar surface area (TPSA) is 68.0 Å². The average molecular weight is 290 g/mol. The zero-order valence-electron chi connectivity index (χ0n) is 11.8. The molecule has 7 heteroatoms. The van der Waals surface area contributed by atoms with E-state index >= 15 is 0 Å². The average Bonchev–Trinajstić information content (AvgIpc) is 2.91. The molecule has 0 spiro atoms. The van der Waals surface area contributed by atoms with Crippen LogP contribution in [-0.2, 0) is 11.5 Å². The summed E-state index contributed by atoms with van der Waals surface area (Å²) in [6.07, 6.45) is 2.00. The maximum Gasteiger partial charge on any atom is 0.240 e. The number of carbonyl (C=O) groups is 1. The van der Waals surface area contributed by atoms with Crippen LogP contribution < -0.4 is 10.2 Å². The number of amides is 1. The Kier molecular flexibility index (Phi) is 3.32. The number of hydrogen-bond acceptors (Lipinski definition) is 4. The summed E-state index contributed by atoms with van der Waals surface area (Å²) in [5.74, 6) is 0.434. The number of alkyl halides is 1. The Morgan fingerprint density at radius 2 is 2.33 bits per heavy atom. The number of hydrazone groups is 1. The number of pyridine rings is 1. The van der Waals surface area contributed by atoms with Gasteiger partial charge in [-0.25, -0.2) is 14.8 Å². The highest BCUT2D eigenvalue weighted by Gasteiger charge is 2.24. The van der Waals surface area contributed by atoms with Crippen molar-refractivity contribution in [3.8, 4) is 5.75 Å². The van der Waals surface area contributed by atoms with Crippen molar-refractivity contribution in [3.05, 3.63) is 29.7 Å². The third-order valence-electron chi connectivity index (χ3n) is 3.51. The fraction of sp³-hybridized carbons (Fsp3) is 0.357. The van der Waals surface area contributed by atoms with Gasteiger partial charge in [0, 0.05) is 18.5 Å². The summed E-state index contributed by atoms with van der Waals surface area (Å²) in [4.78, 5) is 15.6. The number of fused-ring (bicyclic) bond motifs is 1. The molecular weight excluding hydrogens is 275 g/mol. The molecule has 0 bridgehead atoms. The van der Waals surface area contributed by atoms with Gasteiger partial charge in [0.05, 0.1) is 24.2 Å². The summed E-state index contributed by atoms with van der Waals surface area (Å²) in [7, 11) is 1.54. The van der Waals surface area contributed by atoms with Crippen LogP contribution in [0.5, 0.6) is 5.75 Å². The number of hydrogen-bond donors (Lipinski definition) is 1. The van der Waals surface area contributed by atoms with Gasteiger partial charge >= 0.3 is 0 Å². The number of methoxy groups -OCH3 is 1. The molecule has 0 saturated carbocycles. The lowest BCUT2D eigenvalue weighted by atomic mass is 9.97. The van der Waals surface area contributed by atoms with Crippen LogP contribution in [0.25, 0.3) is 5.65 Å². The number of rotatable bonds is 3. The van der Waals surface area contributed by atoms with Gasteiger partial charge in [0.15, 0.2) is 11.4 Å². The van der Waals surface area contributed by atoms with E-state index in [1.165, 1.54) is 0 Å². The predicted molar refractivity (Wildman–Crippen MR) is 75.0 cm³/mol. The van der Waals surface area contributed by atoms with Crippen molar-refractivity contribution in [2.75, 3.05) is 7.11 Å². The second-order valence-corrected chi connectivity index (χ2v) is 4.98. The van der Waals surface area contributed by atoms with Crippen LogP contribution in [0.15, 0.2) is 23.4 Å². The molecule has 21 heavy (non-hydrogen) atoms. The highest BCUT2D eigenvalue weighted by atomic mass is 19.1. The van der Waals surface area contributed by atoms with Gasteiger partial charge in [-0.1, -0.05) is 6.92 Å². The Labute approximate surface area is 120 Å². The van der Waals surface area contributed by atoms with Gasteiger partial charge in [0.1, 0.15) is 6.67 Å². The summed E-state index contributed by atoms with van der Waals surface area (Å²) in [6.45, 7) is 1.28. The first kappa shape index (κ1) is 13.5.